The molecule has 0 radical (unpaired) electrons. The fraction of sp³-hybridized carbons (Fsp3) is 0.364. The predicted molar refractivity (Wildman–Crippen MR) is 110 cm³/mol. The largest absolute Gasteiger partial charge is 0.352 e. The zero-order valence-corrected chi connectivity index (χ0v) is 17.4. The highest BCUT2D eigenvalue weighted by atomic mass is 32.2. The first-order valence-electron chi connectivity index (χ1n) is 9.54. The van der Waals surface area contributed by atoms with E-state index in [4.69, 9.17) is 0 Å². The molecule has 1 N–H and O–H groups in total. The van der Waals surface area contributed by atoms with Crippen LogP contribution in [0.4, 0.5) is 8.78 Å². The average Bonchev–Trinajstić information content (AvgIpc) is 3.13. The molecule has 3 atom stereocenters. The molecule has 7 heteroatoms. The number of amides is 2. The Kier molecular flexibility index (Phi) is 6.57. The van der Waals surface area contributed by atoms with Crippen molar-refractivity contribution in [2.24, 2.45) is 5.92 Å². The summed E-state index contributed by atoms with van der Waals surface area (Å²) >= 11 is 1.37. The van der Waals surface area contributed by atoms with Gasteiger partial charge in [0.15, 0.2) is 0 Å². The van der Waals surface area contributed by atoms with Gasteiger partial charge in [-0.2, -0.15) is 0 Å². The van der Waals surface area contributed by atoms with E-state index in [1.165, 1.54) is 47.0 Å². The number of benzene rings is 2. The molecule has 2 amide bonds. The molecule has 0 spiro atoms. The second kappa shape index (κ2) is 8.95. The second-order valence-corrected chi connectivity index (χ2v) is 8.60. The molecule has 154 valence electrons. The molecule has 0 saturated carbocycles. The van der Waals surface area contributed by atoms with Crippen molar-refractivity contribution in [2.45, 2.75) is 38.2 Å². The number of nitrogens with one attached hydrogen (secondary N) is 1. The molecule has 1 aliphatic rings. The second-order valence-electron chi connectivity index (χ2n) is 7.49. The minimum Gasteiger partial charge on any atom is -0.352 e. The van der Waals surface area contributed by atoms with Crippen LogP contribution in [0.25, 0.3) is 0 Å². The number of halogens is 2. The van der Waals surface area contributed by atoms with Gasteiger partial charge in [-0.05, 0) is 42.7 Å². The molecular weight excluding hydrogens is 394 g/mol. The molecule has 2 aromatic rings. The number of hydrogen-bond donors (Lipinski definition) is 1. The lowest BCUT2D eigenvalue weighted by molar-refractivity contribution is -0.125. The van der Waals surface area contributed by atoms with Gasteiger partial charge in [0.1, 0.15) is 23.1 Å². The molecule has 1 fully saturated rings. The molecule has 1 aliphatic heterocycles. The number of carbonyl (C=O) groups excluding carboxylic acids is 2. The first-order chi connectivity index (χ1) is 13.8. The number of carbonyl (C=O) groups is 2. The highest BCUT2D eigenvalue weighted by Crippen LogP contribution is 2.42. The van der Waals surface area contributed by atoms with Crippen LogP contribution in [-0.2, 0) is 4.79 Å². The van der Waals surface area contributed by atoms with Crippen molar-refractivity contribution in [3.05, 3.63) is 71.3 Å². The van der Waals surface area contributed by atoms with Gasteiger partial charge in [-0.15, -0.1) is 11.8 Å². The van der Waals surface area contributed by atoms with Crippen molar-refractivity contribution in [1.82, 2.24) is 10.2 Å². The Hall–Kier alpha value is -2.41. The SMILES string of the molecule is CC(C)C(C)NC(=O)C1CSC(c2cccc(F)c2)N1C(=O)c1ccccc1F. The van der Waals surface area contributed by atoms with E-state index in [1.54, 1.807) is 18.2 Å². The summed E-state index contributed by atoms with van der Waals surface area (Å²) in [5.74, 6) is -1.38. The fourth-order valence-electron chi connectivity index (χ4n) is 3.13. The topological polar surface area (TPSA) is 49.4 Å². The van der Waals surface area contributed by atoms with Crippen LogP contribution in [-0.4, -0.2) is 34.6 Å². The molecule has 2 aromatic carbocycles. The molecule has 3 unspecified atom stereocenters. The van der Waals surface area contributed by atoms with E-state index in [1.807, 2.05) is 20.8 Å². The van der Waals surface area contributed by atoms with Crippen molar-refractivity contribution in [3.8, 4) is 0 Å². The van der Waals surface area contributed by atoms with Crippen molar-refractivity contribution in [2.75, 3.05) is 5.75 Å². The monoisotopic (exact) mass is 418 g/mol. The van der Waals surface area contributed by atoms with Crippen molar-refractivity contribution < 1.29 is 18.4 Å². The maximum absolute atomic E-state index is 14.3. The normalized spacial score (nSPS) is 20.0. The van der Waals surface area contributed by atoms with Crippen molar-refractivity contribution in [3.63, 3.8) is 0 Å². The zero-order chi connectivity index (χ0) is 21.1. The van der Waals surface area contributed by atoms with E-state index in [0.717, 1.165) is 0 Å². The summed E-state index contributed by atoms with van der Waals surface area (Å²) in [7, 11) is 0. The Morgan fingerprint density at radius 1 is 1.10 bits per heavy atom. The first kappa shape index (κ1) is 21.3. The number of nitrogens with zero attached hydrogens (tertiary/aromatic N) is 1. The molecule has 1 saturated heterocycles. The van der Waals surface area contributed by atoms with Gasteiger partial charge in [0.25, 0.3) is 5.91 Å². The van der Waals surface area contributed by atoms with E-state index in [9.17, 15) is 18.4 Å². The van der Waals surface area contributed by atoms with Crippen LogP contribution in [0.2, 0.25) is 0 Å². The van der Waals surface area contributed by atoms with Gasteiger partial charge in [0, 0.05) is 11.8 Å². The van der Waals surface area contributed by atoms with Gasteiger partial charge in [-0.3, -0.25) is 9.59 Å². The average molecular weight is 419 g/mol. The minimum atomic E-state index is -0.776. The summed E-state index contributed by atoms with van der Waals surface area (Å²) in [6.45, 7) is 5.88. The molecule has 0 bridgehead atoms. The molecule has 4 nitrogen and oxygen atoms in total. The van der Waals surface area contributed by atoms with Gasteiger partial charge in [-0.1, -0.05) is 38.1 Å². The molecule has 3 rings (SSSR count). The molecule has 0 aliphatic carbocycles. The molecule has 29 heavy (non-hydrogen) atoms. The quantitative estimate of drug-likeness (QED) is 0.784. The summed E-state index contributed by atoms with van der Waals surface area (Å²) in [4.78, 5) is 27.6. The lowest BCUT2D eigenvalue weighted by Crippen LogP contribution is -2.51. The number of thioether (sulfide) groups is 1. The lowest BCUT2D eigenvalue weighted by atomic mass is 10.1. The summed E-state index contributed by atoms with van der Waals surface area (Å²) in [5.41, 5.74) is 0.456. The van der Waals surface area contributed by atoms with Gasteiger partial charge in [0.05, 0.1) is 5.56 Å². The maximum atomic E-state index is 14.3. The Balaban J connectivity index is 1.97. The summed E-state index contributed by atoms with van der Waals surface area (Å²) in [6.07, 6.45) is 0. The Morgan fingerprint density at radius 3 is 2.48 bits per heavy atom. The number of rotatable bonds is 5. The van der Waals surface area contributed by atoms with Crippen molar-refractivity contribution >= 4 is 23.6 Å². The Morgan fingerprint density at radius 2 is 1.83 bits per heavy atom. The minimum absolute atomic E-state index is 0.0777. The molecule has 1 heterocycles. The lowest BCUT2D eigenvalue weighted by Gasteiger charge is -2.30. The maximum Gasteiger partial charge on any atom is 0.258 e. The smallest absolute Gasteiger partial charge is 0.258 e. The van der Waals surface area contributed by atoms with E-state index in [-0.39, 0.29) is 23.4 Å². The third-order valence-electron chi connectivity index (χ3n) is 5.15. The summed E-state index contributed by atoms with van der Waals surface area (Å²) in [5, 5.41) is 2.36. The van der Waals surface area contributed by atoms with Crippen LogP contribution in [0.3, 0.4) is 0 Å². The van der Waals surface area contributed by atoms with E-state index in [2.05, 4.69) is 5.32 Å². The van der Waals surface area contributed by atoms with E-state index < -0.39 is 29.0 Å². The highest BCUT2D eigenvalue weighted by Gasteiger charge is 2.43. The first-order valence-corrected chi connectivity index (χ1v) is 10.6. The summed E-state index contributed by atoms with van der Waals surface area (Å²) in [6, 6.07) is 10.8. The standard InChI is InChI=1S/C22H24F2N2O2S/c1-13(2)14(3)25-20(27)19-12-29-22(15-7-6-8-16(23)11-15)26(19)21(28)17-9-4-5-10-18(17)24/h4-11,13-14,19,22H,12H2,1-3H3,(H,25,27). The predicted octanol–water partition coefficient (Wildman–Crippen LogP) is 4.38. The van der Waals surface area contributed by atoms with Gasteiger partial charge < -0.3 is 10.2 Å². The van der Waals surface area contributed by atoms with E-state index >= 15 is 0 Å². The van der Waals surface area contributed by atoms with E-state index in [0.29, 0.717) is 11.3 Å². The fourth-order valence-corrected chi connectivity index (χ4v) is 4.55. The third-order valence-corrected chi connectivity index (χ3v) is 6.47. The van der Waals surface area contributed by atoms with Crippen LogP contribution in [0, 0.1) is 17.6 Å². The van der Waals surface area contributed by atoms with Gasteiger partial charge in [-0.25, -0.2) is 8.78 Å². The zero-order valence-electron chi connectivity index (χ0n) is 16.6. The Bertz CT molecular complexity index is 906. The van der Waals surface area contributed by atoms with Crippen LogP contribution >= 0.6 is 11.8 Å². The van der Waals surface area contributed by atoms with Crippen molar-refractivity contribution in [1.29, 1.82) is 0 Å². The van der Waals surface area contributed by atoms with Crippen LogP contribution in [0.5, 0.6) is 0 Å². The Labute approximate surface area is 173 Å². The van der Waals surface area contributed by atoms with Crippen LogP contribution in [0.1, 0.15) is 42.1 Å². The number of hydrogen-bond acceptors (Lipinski definition) is 3. The van der Waals surface area contributed by atoms with Gasteiger partial charge in [0.2, 0.25) is 5.91 Å². The highest BCUT2D eigenvalue weighted by molar-refractivity contribution is 7.99. The van der Waals surface area contributed by atoms with Crippen LogP contribution in [0.15, 0.2) is 48.5 Å². The molecular formula is C22H24F2N2O2S. The molecule has 0 aromatic heterocycles. The third kappa shape index (κ3) is 4.61. The summed E-state index contributed by atoms with van der Waals surface area (Å²) < 4.78 is 28.1. The van der Waals surface area contributed by atoms with Crippen LogP contribution < -0.4 is 5.32 Å². The van der Waals surface area contributed by atoms with Gasteiger partial charge >= 0.3 is 0 Å².